The second kappa shape index (κ2) is 10.4. The molecule has 1 aliphatic heterocycles. The summed E-state index contributed by atoms with van der Waals surface area (Å²) in [7, 11) is 3.14. The van der Waals surface area contributed by atoms with Crippen molar-refractivity contribution < 1.29 is 24.2 Å². The highest BCUT2D eigenvalue weighted by Crippen LogP contribution is 2.40. The third kappa shape index (κ3) is 4.95. The Morgan fingerprint density at radius 2 is 1.60 bits per heavy atom. The predicted octanol–water partition coefficient (Wildman–Crippen LogP) is 5.44. The molecule has 0 radical (unpaired) electrons. The quantitative estimate of drug-likeness (QED) is 0.247. The normalized spacial score (nSPS) is 17.0. The van der Waals surface area contributed by atoms with Gasteiger partial charge in [-0.3, -0.25) is 9.59 Å². The molecule has 180 valence electrons. The fraction of sp³-hybridized carbons (Fsp3) is 0.214. The standard InChI is InChI=1S/C28H26BrNO5/c1-17-4-7-19(8-5-17)25-24(26(31)20-9-11-21(29)12-10-20)27(32)28(33)30(25)15-14-18-6-13-22(34-2)23(16-18)35-3/h4-13,16,25,31H,14-15H2,1-3H3/t25-/m0/s1. The maximum Gasteiger partial charge on any atom is 0.295 e. The molecule has 35 heavy (non-hydrogen) atoms. The van der Waals surface area contributed by atoms with Crippen LogP contribution in [0.1, 0.15) is 28.3 Å². The molecule has 3 aromatic rings. The average Bonchev–Trinajstić information content (AvgIpc) is 3.12. The number of aryl methyl sites for hydroxylation is 1. The predicted molar refractivity (Wildman–Crippen MR) is 138 cm³/mol. The number of Topliss-reactive ketones (excluding diaryl/α,β-unsaturated/α-hetero) is 1. The smallest absolute Gasteiger partial charge is 0.295 e. The van der Waals surface area contributed by atoms with Crippen LogP contribution in [-0.4, -0.2) is 42.5 Å². The molecule has 1 aliphatic rings. The van der Waals surface area contributed by atoms with Gasteiger partial charge >= 0.3 is 0 Å². The number of nitrogens with zero attached hydrogens (tertiary/aromatic N) is 1. The molecule has 6 nitrogen and oxygen atoms in total. The number of benzene rings is 3. The molecule has 3 aromatic carbocycles. The van der Waals surface area contributed by atoms with Crippen LogP contribution in [0.4, 0.5) is 0 Å². The van der Waals surface area contributed by atoms with Crippen molar-refractivity contribution in [3.05, 3.63) is 99.0 Å². The Bertz CT molecular complexity index is 1280. The van der Waals surface area contributed by atoms with Gasteiger partial charge in [-0.05, 0) is 48.7 Å². The summed E-state index contributed by atoms with van der Waals surface area (Å²) in [4.78, 5) is 27.9. The zero-order valence-electron chi connectivity index (χ0n) is 19.7. The van der Waals surface area contributed by atoms with Crippen LogP contribution in [-0.2, 0) is 16.0 Å². The van der Waals surface area contributed by atoms with Crippen molar-refractivity contribution in [3.63, 3.8) is 0 Å². The Hall–Kier alpha value is -3.58. The van der Waals surface area contributed by atoms with E-state index in [0.717, 1.165) is 21.2 Å². The Morgan fingerprint density at radius 3 is 2.23 bits per heavy atom. The number of hydrogen-bond donors (Lipinski definition) is 1. The summed E-state index contributed by atoms with van der Waals surface area (Å²) in [5, 5.41) is 11.1. The number of hydrogen-bond acceptors (Lipinski definition) is 5. The number of rotatable bonds is 7. The SMILES string of the molecule is COc1ccc(CCN2C(=O)C(=O)C(=C(O)c3ccc(Br)cc3)[C@@H]2c2ccc(C)cc2)cc1OC. The highest BCUT2D eigenvalue weighted by Gasteiger charge is 2.45. The lowest BCUT2D eigenvalue weighted by Gasteiger charge is -2.25. The minimum Gasteiger partial charge on any atom is -0.507 e. The zero-order chi connectivity index (χ0) is 25.1. The monoisotopic (exact) mass is 535 g/mol. The van der Waals surface area contributed by atoms with Gasteiger partial charge in [-0.25, -0.2) is 0 Å². The molecule has 1 amide bonds. The summed E-state index contributed by atoms with van der Waals surface area (Å²) in [6.45, 7) is 2.26. The van der Waals surface area contributed by atoms with Crippen LogP contribution in [0, 0.1) is 6.92 Å². The summed E-state index contributed by atoms with van der Waals surface area (Å²) in [5.41, 5.74) is 3.32. The molecule has 4 rings (SSSR count). The first-order valence-electron chi connectivity index (χ1n) is 11.2. The number of carbonyl (C=O) groups is 2. The van der Waals surface area contributed by atoms with Crippen LogP contribution >= 0.6 is 15.9 Å². The molecule has 1 heterocycles. The number of amides is 1. The van der Waals surface area contributed by atoms with Crippen molar-refractivity contribution >= 4 is 33.4 Å². The van der Waals surface area contributed by atoms with E-state index in [1.807, 2.05) is 49.4 Å². The van der Waals surface area contributed by atoms with Gasteiger partial charge in [-0.2, -0.15) is 0 Å². The lowest BCUT2D eigenvalue weighted by Crippen LogP contribution is -2.31. The first-order chi connectivity index (χ1) is 16.8. The van der Waals surface area contributed by atoms with E-state index in [9.17, 15) is 14.7 Å². The van der Waals surface area contributed by atoms with Crippen molar-refractivity contribution in [2.75, 3.05) is 20.8 Å². The lowest BCUT2D eigenvalue weighted by molar-refractivity contribution is -0.139. The molecular weight excluding hydrogens is 510 g/mol. The van der Waals surface area contributed by atoms with Crippen LogP contribution < -0.4 is 9.47 Å². The van der Waals surface area contributed by atoms with E-state index in [1.54, 1.807) is 38.5 Å². The molecule has 0 aromatic heterocycles. The third-order valence-corrected chi connectivity index (χ3v) is 6.67. The molecule has 1 N–H and O–H groups in total. The number of methoxy groups -OCH3 is 2. The van der Waals surface area contributed by atoms with Gasteiger partial charge in [0.05, 0.1) is 25.8 Å². The van der Waals surface area contributed by atoms with E-state index < -0.39 is 17.7 Å². The van der Waals surface area contributed by atoms with Crippen LogP contribution in [0.2, 0.25) is 0 Å². The van der Waals surface area contributed by atoms with Crippen LogP contribution in [0.5, 0.6) is 11.5 Å². The van der Waals surface area contributed by atoms with Gasteiger partial charge in [-0.15, -0.1) is 0 Å². The minimum atomic E-state index is -0.695. The first-order valence-corrected chi connectivity index (χ1v) is 11.9. The average molecular weight is 536 g/mol. The molecule has 1 atom stereocenters. The van der Waals surface area contributed by atoms with Crippen molar-refractivity contribution in [2.45, 2.75) is 19.4 Å². The summed E-state index contributed by atoms with van der Waals surface area (Å²) in [6, 6.07) is 19.5. The molecular formula is C28H26BrNO5. The lowest BCUT2D eigenvalue weighted by atomic mass is 9.94. The molecule has 1 fully saturated rings. The zero-order valence-corrected chi connectivity index (χ0v) is 21.3. The summed E-state index contributed by atoms with van der Waals surface area (Å²) in [5.74, 6) is -0.295. The van der Waals surface area contributed by atoms with Gasteiger partial charge in [0.25, 0.3) is 11.7 Å². The molecule has 7 heteroatoms. The maximum atomic E-state index is 13.2. The Balaban J connectivity index is 1.73. The second-order valence-corrected chi connectivity index (χ2v) is 9.27. The number of ether oxygens (including phenoxy) is 2. The van der Waals surface area contributed by atoms with E-state index in [-0.39, 0.29) is 17.9 Å². The molecule has 0 spiro atoms. The third-order valence-electron chi connectivity index (χ3n) is 6.14. The highest BCUT2D eigenvalue weighted by atomic mass is 79.9. The number of aliphatic hydroxyl groups is 1. The Labute approximate surface area is 212 Å². The van der Waals surface area contributed by atoms with Gasteiger partial charge in [0.1, 0.15) is 5.76 Å². The maximum absolute atomic E-state index is 13.2. The molecule has 0 saturated carbocycles. The summed E-state index contributed by atoms with van der Waals surface area (Å²) < 4.78 is 11.5. The number of likely N-dealkylation sites (tertiary alicyclic amines) is 1. The van der Waals surface area contributed by atoms with Gasteiger partial charge in [0.2, 0.25) is 0 Å². The van der Waals surface area contributed by atoms with Crippen LogP contribution in [0.15, 0.2) is 76.8 Å². The minimum absolute atomic E-state index is 0.0912. The van der Waals surface area contributed by atoms with Crippen molar-refractivity contribution in [1.82, 2.24) is 4.90 Å². The fourth-order valence-corrected chi connectivity index (χ4v) is 4.52. The largest absolute Gasteiger partial charge is 0.507 e. The highest BCUT2D eigenvalue weighted by molar-refractivity contribution is 9.10. The number of ketones is 1. The molecule has 0 bridgehead atoms. The Morgan fingerprint density at radius 1 is 0.943 bits per heavy atom. The molecule has 0 unspecified atom stereocenters. The van der Waals surface area contributed by atoms with Gasteiger partial charge < -0.3 is 19.5 Å². The second-order valence-electron chi connectivity index (χ2n) is 8.35. The van der Waals surface area contributed by atoms with E-state index >= 15 is 0 Å². The van der Waals surface area contributed by atoms with E-state index in [0.29, 0.717) is 23.5 Å². The number of carbonyl (C=O) groups excluding carboxylic acids is 2. The van der Waals surface area contributed by atoms with Crippen molar-refractivity contribution in [2.24, 2.45) is 0 Å². The van der Waals surface area contributed by atoms with Crippen molar-refractivity contribution in [1.29, 1.82) is 0 Å². The Kier molecular flexibility index (Phi) is 7.26. The van der Waals surface area contributed by atoms with Gasteiger partial charge in [0, 0.05) is 16.6 Å². The summed E-state index contributed by atoms with van der Waals surface area (Å²) >= 11 is 3.38. The first kappa shape index (κ1) is 24.5. The fourth-order valence-electron chi connectivity index (χ4n) is 4.25. The number of aliphatic hydroxyl groups excluding tert-OH is 1. The van der Waals surface area contributed by atoms with Crippen LogP contribution in [0.3, 0.4) is 0 Å². The molecule has 0 aliphatic carbocycles. The topological polar surface area (TPSA) is 76.1 Å². The van der Waals surface area contributed by atoms with Gasteiger partial charge in [0.15, 0.2) is 11.5 Å². The molecule has 1 saturated heterocycles. The van der Waals surface area contributed by atoms with E-state index in [1.165, 1.54) is 4.90 Å². The van der Waals surface area contributed by atoms with Crippen molar-refractivity contribution in [3.8, 4) is 11.5 Å². The summed E-state index contributed by atoms with van der Waals surface area (Å²) in [6.07, 6.45) is 0.494. The van der Waals surface area contributed by atoms with Crippen LogP contribution in [0.25, 0.3) is 5.76 Å². The van der Waals surface area contributed by atoms with E-state index in [4.69, 9.17) is 9.47 Å². The van der Waals surface area contributed by atoms with E-state index in [2.05, 4.69) is 15.9 Å². The number of halogens is 1. The van der Waals surface area contributed by atoms with Gasteiger partial charge in [-0.1, -0.05) is 64.0 Å².